The Hall–Kier alpha value is -3.19. The molecule has 4 rings (SSSR count). The van der Waals surface area contributed by atoms with Crippen LogP contribution in [-0.2, 0) is 0 Å². The Balaban J connectivity index is 1.81. The van der Waals surface area contributed by atoms with Crippen LogP contribution in [0.1, 0.15) is 0 Å². The Morgan fingerprint density at radius 1 is 1.00 bits per heavy atom. The van der Waals surface area contributed by atoms with Crippen molar-refractivity contribution in [1.82, 2.24) is 14.4 Å². The largest absolute Gasteiger partial charge is 0.493 e. The van der Waals surface area contributed by atoms with Gasteiger partial charge in [-0.3, -0.25) is 4.40 Å². The summed E-state index contributed by atoms with van der Waals surface area (Å²) < 4.78 is 12.7. The van der Waals surface area contributed by atoms with E-state index >= 15 is 0 Å². The van der Waals surface area contributed by atoms with E-state index in [9.17, 15) is 0 Å². The van der Waals surface area contributed by atoms with Crippen LogP contribution in [0.3, 0.4) is 0 Å². The van der Waals surface area contributed by atoms with E-state index in [2.05, 4.69) is 4.98 Å². The molecule has 4 aromatic rings. The van der Waals surface area contributed by atoms with E-state index in [1.807, 2.05) is 59.1 Å². The van der Waals surface area contributed by atoms with Crippen LogP contribution in [0.25, 0.3) is 16.9 Å². The lowest BCUT2D eigenvalue weighted by molar-refractivity contribution is 0.355. The van der Waals surface area contributed by atoms with Crippen LogP contribution in [0.4, 0.5) is 5.69 Å². The molecule has 2 aromatic carbocycles. The number of rotatable bonds is 5. The van der Waals surface area contributed by atoms with Gasteiger partial charge < -0.3 is 15.2 Å². The van der Waals surface area contributed by atoms with Gasteiger partial charge in [-0.1, -0.05) is 17.8 Å². The number of nitrogens with zero attached hydrogens (tertiary/aromatic N) is 3. The molecule has 7 heteroatoms. The molecular formula is C20H18N4O2S. The summed E-state index contributed by atoms with van der Waals surface area (Å²) in [6.45, 7) is 0. The maximum Gasteiger partial charge on any atom is 0.179 e. The zero-order valence-corrected chi connectivity index (χ0v) is 15.7. The van der Waals surface area contributed by atoms with Crippen LogP contribution < -0.4 is 15.2 Å². The lowest BCUT2D eigenvalue weighted by Gasteiger charge is -2.11. The molecule has 0 amide bonds. The van der Waals surface area contributed by atoms with Gasteiger partial charge in [-0.15, -0.1) is 0 Å². The maximum atomic E-state index is 5.91. The van der Waals surface area contributed by atoms with Gasteiger partial charge in [0.15, 0.2) is 16.7 Å². The second-order valence-electron chi connectivity index (χ2n) is 5.82. The molecule has 0 unspecified atom stereocenters. The summed E-state index contributed by atoms with van der Waals surface area (Å²) in [6, 6.07) is 15.4. The topological polar surface area (TPSA) is 74.7 Å². The zero-order chi connectivity index (χ0) is 18.8. The van der Waals surface area contributed by atoms with Crippen molar-refractivity contribution in [3.63, 3.8) is 0 Å². The van der Waals surface area contributed by atoms with Gasteiger partial charge in [-0.25, -0.2) is 9.97 Å². The summed E-state index contributed by atoms with van der Waals surface area (Å²) in [5.41, 5.74) is 9.18. The van der Waals surface area contributed by atoms with Crippen LogP contribution >= 0.6 is 11.8 Å². The quantitative estimate of drug-likeness (QED) is 0.415. The van der Waals surface area contributed by atoms with Gasteiger partial charge in [0.25, 0.3) is 0 Å². The van der Waals surface area contributed by atoms with Crippen molar-refractivity contribution < 1.29 is 9.47 Å². The Kier molecular flexibility index (Phi) is 4.60. The normalized spacial score (nSPS) is 10.9. The fraction of sp³-hybridized carbons (Fsp3) is 0.100. The molecule has 2 heterocycles. The molecule has 2 N–H and O–H groups in total. The number of fused-ring (bicyclic) bond motifs is 1. The number of methoxy groups -OCH3 is 2. The Morgan fingerprint density at radius 2 is 1.85 bits per heavy atom. The number of hydrogen-bond acceptors (Lipinski definition) is 6. The van der Waals surface area contributed by atoms with Gasteiger partial charge in [-0.2, -0.15) is 0 Å². The molecule has 0 aliphatic rings. The third-order valence-corrected chi connectivity index (χ3v) is 5.06. The average Bonchev–Trinajstić information content (AvgIpc) is 3.16. The Bertz CT molecular complexity index is 1110. The van der Waals surface area contributed by atoms with E-state index in [4.69, 9.17) is 20.2 Å². The standard InChI is InChI=1S/C20H18N4O2S/c1-25-17-7-6-13(10-18(17)26-2)16-12-19-22-8-9-24(19)20(23-16)27-15-5-3-4-14(21)11-15/h3-12H,21H2,1-2H3. The molecule has 136 valence electrons. The summed E-state index contributed by atoms with van der Waals surface area (Å²) in [7, 11) is 3.24. The number of nitrogen functional groups attached to an aromatic ring is 1. The van der Waals surface area contributed by atoms with Gasteiger partial charge in [0, 0.05) is 34.6 Å². The average molecular weight is 378 g/mol. The van der Waals surface area contributed by atoms with Crippen LogP contribution in [0.5, 0.6) is 11.5 Å². The summed E-state index contributed by atoms with van der Waals surface area (Å²) in [6.07, 6.45) is 3.66. The number of hydrogen-bond donors (Lipinski definition) is 1. The highest BCUT2D eigenvalue weighted by Crippen LogP contribution is 2.34. The highest BCUT2D eigenvalue weighted by molar-refractivity contribution is 7.99. The molecule has 6 nitrogen and oxygen atoms in total. The molecule has 0 saturated heterocycles. The number of aromatic nitrogens is 3. The van der Waals surface area contributed by atoms with Crippen molar-refractivity contribution in [2.75, 3.05) is 20.0 Å². The molecule has 0 spiro atoms. The van der Waals surface area contributed by atoms with Crippen molar-refractivity contribution in [3.05, 3.63) is 60.9 Å². The first-order valence-electron chi connectivity index (χ1n) is 8.28. The van der Waals surface area contributed by atoms with Crippen LogP contribution in [-0.4, -0.2) is 28.6 Å². The van der Waals surface area contributed by atoms with E-state index in [-0.39, 0.29) is 0 Å². The third kappa shape index (κ3) is 3.41. The summed E-state index contributed by atoms with van der Waals surface area (Å²) in [5, 5.41) is 0.806. The van der Waals surface area contributed by atoms with Crippen molar-refractivity contribution in [1.29, 1.82) is 0 Å². The van der Waals surface area contributed by atoms with E-state index in [1.54, 1.807) is 20.4 Å². The zero-order valence-electron chi connectivity index (χ0n) is 14.9. The molecule has 0 aliphatic heterocycles. The highest BCUT2D eigenvalue weighted by atomic mass is 32.2. The first-order chi connectivity index (χ1) is 13.2. The van der Waals surface area contributed by atoms with E-state index in [0.29, 0.717) is 11.5 Å². The van der Waals surface area contributed by atoms with E-state index < -0.39 is 0 Å². The number of anilines is 1. The number of imidazole rings is 1. The van der Waals surface area contributed by atoms with Gasteiger partial charge >= 0.3 is 0 Å². The van der Waals surface area contributed by atoms with Gasteiger partial charge in [0.05, 0.1) is 19.9 Å². The van der Waals surface area contributed by atoms with Gasteiger partial charge in [0.1, 0.15) is 5.65 Å². The van der Waals surface area contributed by atoms with Crippen LogP contribution in [0.2, 0.25) is 0 Å². The van der Waals surface area contributed by atoms with Crippen molar-refractivity contribution in [2.45, 2.75) is 10.1 Å². The first-order valence-corrected chi connectivity index (χ1v) is 9.09. The minimum Gasteiger partial charge on any atom is -0.493 e. The Morgan fingerprint density at radius 3 is 2.63 bits per heavy atom. The predicted molar refractivity (Wildman–Crippen MR) is 107 cm³/mol. The SMILES string of the molecule is COc1ccc(-c2cc3nccn3c(Sc3cccc(N)c3)n2)cc1OC. The second-order valence-corrected chi connectivity index (χ2v) is 6.86. The highest BCUT2D eigenvalue weighted by Gasteiger charge is 2.12. The monoisotopic (exact) mass is 378 g/mol. The summed E-state index contributed by atoms with van der Waals surface area (Å²) >= 11 is 1.54. The van der Waals surface area contributed by atoms with E-state index in [0.717, 1.165) is 32.6 Å². The summed E-state index contributed by atoms with van der Waals surface area (Å²) in [4.78, 5) is 10.3. The van der Waals surface area contributed by atoms with Gasteiger partial charge in [-0.05, 0) is 36.4 Å². The number of ether oxygens (including phenoxy) is 2. The van der Waals surface area contributed by atoms with E-state index in [1.165, 1.54) is 11.8 Å². The van der Waals surface area contributed by atoms with Crippen LogP contribution in [0.15, 0.2) is 71.0 Å². The molecule has 0 saturated carbocycles. The fourth-order valence-electron chi connectivity index (χ4n) is 2.79. The molecule has 0 aliphatic carbocycles. The molecule has 0 bridgehead atoms. The van der Waals surface area contributed by atoms with Crippen LogP contribution in [0, 0.1) is 0 Å². The van der Waals surface area contributed by atoms with Crippen molar-refractivity contribution >= 4 is 23.1 Å². The minimum absolute atomic E-state index is 0.657. The molecule has 0 fully saturated rings. The lowest BCUT2D eigenvalue weighted by atomic mass is 10.1. The number of nitrogens with two attached hydrogens (primary N) is 1. The smallest absolute Gasteiger partial charge is 0.179 e. The predicted octanol–water partition coefficient (Wildman–Crippen LogP) is 4.15. The molecular weight excluding hydrogens is 360 g/mol. The molecule has 2 aromatic heterocycles. The lowest BCUT2D eigenvalue weighted by Crippen LogP contribution is -1.97. The number of benzene rings is 2. The molecule has 0 atom stereocenters. The minimum atomic E-state index is 0.657. The van der Waals surface area contributed by atoms with Gasteiger partial charge in [0.2, 0.25) is 0 Å². The summed E-state index contributed by atoms with van der Waals surface area (Å²) in [5.74, 6) is 1.34. The molecule has 0 radical (unpaired) electrons. The third-order valence-electron chi connectivity index (χ3n) is 4.10. The van der Waals surface area contributed by atoms with Crippen molar-refractivity contribution in [3.8, 4) is 22.8 Å². The Labute approximate surface area is 161 Å². The van der Waals surface area contributed by atoms with Crippen molar-refractivity contribution in [2.24, 2.45) is 0 Å². The maximum absolute atomic E-state index is 5.91. The molecule has 27 heavy (non-hydrogen) atoms. The second kappa shape index (κ2) is 7.20. The first kappa shape index (κ1) is 17.2. The fourth-order valence-corrected chi connectivity index (χ4v) is 3.74.